The number of aryl methyl sites for hydroxylation is 1. The summed E-state index contributed by atoms with van der Waals surface area (Å²) < 4.78 is 52.9. The summed E-state index contributed by atoms with van der Waals surface area (Å²) in [6.07, 6.45) is 0. The van der Waals surface area contributed by atoms with Gasteiger partial charge in [0, 0.05) is 24.1 Å². The summed E-state index contributed by atoms with van der Waals surface area (Å²) >= 11 is 1.66. The first-order valence-electron chi connectivity index (χ1n) is 11.4. The molecule has 1 N–H and O–H groups in total. The van der Waals surface area contributed by atoms with Crippen LogP contribution in [0, 0.1) is 12.7 Å². The fourth-order valence-corrected chi connectivity index (χ4v) is 5.83. The number of sulfonamides is 1. The summed E-state index contributed by atoms with van der Waals surface area (Å²) in [4.78, 5) is 12.6. The molecule has 0 aliphatic carbocycles. The molecule has 0 saturated carbocycles. The van der Waals surface area contributed by atoms with Crippen LogP contribution in [0.15, 0.2) is 71.6 Å². The molecule has 1 aliphatic heterocycles. The average Bonchev–Trinajstić information content (AvgIpc) is 2.87. The van der Waals surface area contributed by atoms with E-state index >= 15 is 0 Å². The van der Waals surface area contributed by atoms with E-state index < -0.39 is 28.3 Å². The van der Waals surface area contributed by atoms with E-state index in [1.54, 1.807) is 11.8 Å². The first kappa shape index (κ1) is 25.8. The van der Waals surface area contributed by atoms with Crippen molar-refractivity contribution >= 4 is 33.4 Å². The summed E-state index contributed by atoms with van der Waals surface area (Å²) in [7, 11) is -4.21. The van der Waals surface area contributed by atoms with Crippen LogP contribution in [0.2, 0.25) is 0 Å². The van der Waals surface area contributed by atoms with Gasteiger partial charge >= 0.3 is 0 Å². The van der Waals surface area contributed by atoms with Crippen molar-refractivity contribution in [3.8, 4) is 11.5 Å². The highest BCUT2D eigenvalue weighted by atomic mass is 32.2. The summed E-state index contributed by atoms with van der Waals surface area (Å²) in [5.74, 6) is 1.12. The van der Waals surface area contributed by atoms with Gasteiger partial charge in [0.2, 0.25) is 5.91 Å². The van der Waals surface area contributed by atoms with Gasteiger partial charge in [-0.2, -0.15) is 11.8 Å². The van der Waals surface area contributed by atoms with Crippen molar-refractivity contribution < 1.29 is 27.1 Å². The van der Waals surface area contributed by atoms with Gasteiger partial charge in [0.05, 0.1) is 10.6 Å². The number of benzene rings is 3. The molecule has 0 unspecified atom stereocenters. The lowest BCUT2D eigenvalue weighted by molar-refractivity contribution is -0.119. The normalized spacial score (nSPS) is 12.7. The average molecular weight is 531 g/mol. The van der Waals surface area contributed by atoms with Gasteiger partial charge in [-0.1, -0.05) is 35.9 Å². The Hall–Kier alpha value is -3.24. The van der Waals surface area contributed by atoms with E-state index in [9.17, 15) is 17.6 Å². The maximum absolute atomic E-state index is 14.0. The third-order valence-electron chi connectivity index (χ3n) is 5.44. The molecule has 10 heteroatoms. The van der Waals surface area contributed by atoms with Crippen molar-refractivity contribution in [3.63, 3.8) is 0 Å². The van der Waals surface area contributed by atoms with E-state index in [2.05, 4.69) is 29.6 Å². The number of carbonyl (C=O) groups excluding carboxylic acids is 1. The molecule has 0 spiro atoms. The van der Waals surface area contributed by atoms with Crippen molar-refractivity contribution in [2.24, 2.45) is 0 Å². The van der Waals surface area contributed by atoms with Crippen LogP contribution in [-0.2, 0) is 20.6 Å². The van der Waals surface area contributed by atoms with Crippen LogP contribution in [0.5, 0.6) is 11.5 Å². The maximum Gasteiger partial charge on any atom is 0.264 e. The Labute approximate surface area is 214 Å². The Morgan fingerprint density at radius 2 is 1.78 bits per heavy atom. The monoisotopic (exact) mass is 530 g/mol. The number of anilines is 1. The minimum absolute atomic E-state index is 0.0498. The zero-order valence-corrected chi connectivity index (χ0v) is 21.4. The molecule has 1 heterocycles. The Morgan fingerprint density at radius 3 is 2.53 bits per heavy atom. The molecule has 1 aliphatic rings. The smallest absolute Gasteiger partial charge is 0.264 e. The van der Waals surface area contributed by atoms with E-state index in [0.29, 0.717) is 37.0 Å². The minimum Gasteiger partial charge on any atom is -0.486 e. The Morgan fingerprint density at radius 1 is 1.03 bits per heavy atom. The number of fused-ring (bicyclic) bond motifs is 1. The highest BCUT2D eigenvalue weighted by Crippen LogP contribution is 2.34. The molecule has 0 saturated heterocycles. The lowest BCUT2D eigenvalue weighted by Gasteiger charge is -2.25. The fourth-order valence-electron chi connectivity index (χ4n) is 3.58. The van der Waals surface area contributed by atoms with Gasteiger partial charge < -0.3 is 14.8 Å². The summed E-state index contributed by atoms with van der Waals surface area (Å²) in [6.45, 7) is 2.58. The predicted molar refractivity (Wildman–Crippen MR) is 139 cm³/mol. The number of halogens is 1. The highest BCUT2D eigenvalue weighted by Gasteiger charge is 2.29. The molecule has 0 aromatic heterocycles. The third-order valence-corrected chi connectivity index (χ3v) is 8.24. The lowest BCUT2D eigenvalue weighted by Crippen LogP contribution is -2.41. The van der Waals surface area contributed by atoms with E-state index in [-0.39, 0.29) is 10.6 Å². The summed E-state index contributed by atoms with van der Waals surface area (Å²) in [6, 6.07) is 17.6. The van der Waals surface area contributed by atoms with Gasteiger partial charge in [-0.3, -0.25) is 9.10 Å². The number of amides is 1. The number of nitrogens with one attached hydrogen (secondary N) is 1. The van der Waals surface area contributed by atoms with E-state index in [4.69, 9.17) is 9.47 Å². The van der Waals surface area contributed by atoms with Gasteiger partial charge in [0.25, 0.3) is 10.0 Å². The molecule has 4 rings (SSSR count). The van der Waals surface area contributed by atoms with Crippen LogP contribution in [0.25, 0.3) is 0 Å². The number of nitrogens with zero attached hydrogens (tertiary/aromatic N) is 1. The Bertz CT molecular complexity index is 1320. The second-order valence-corrected chi connectivity index (χ2v) is 11.2. The van der Waals surface area contributed by atoms with Crippen LogP contribution in [0.1, 0.15) is 11.1 Å². The molecule has 190 valence electrons. The molecule has 36 heavy (non-hydrogen) atoms. The van der Waals surface area contributed by atoms with Crippen molar-refractivity contribution in [1.82, 2.24) is 5.32 Å². The Kier molecular flexibility index (Phi) is 8.37. The second-order valence-electron chi connectivity index (χ2n) is 8.19. The van der Waals surface area contributed by atoms with Gasteiger partial charge in [0.15, 0.2) is 11.5 Å². The first-order chi connectivity index (χ1) is 17.3. The van der Waals surface area contributed by atoms with Crippen LogP contribution in [-0.4, -0.2) is 46.4 Å². The van der Waals surface area contributed by atoms with E-state index in [1.807, 2.05) is 6.92 Å². The number of rotatable bonds is 10. The van der Waals surface area contributed by atoms with Gasteiger partial charge in [-0.05, 0) is 42.8 Å². The topological polar surface area (TPSA) is 84.9 Å². The van der Waals surface area contributed by atoms with Crippen LogP contribution in [0.3, 0.4) is 0 Å². The summed E-state index contributed by atoms with van der Waals surface area (Å²) in [5, 5.41) is 2.76. The largest absolute Gasteiger partial charge is 0.486 e. The Balaban J connectivity index is 1.43. The molecule has 0 fully saturated rings. The zero-order valence-electron chi connectivity index (χ0n) is 19.8. The minimum atomic E-state index is -4.21. The van der Waals surface area contributed by atoms with Crippen LogP contribution < -0.4 is 19.1 Å². The van der Waals surface area contributed by atoms with Crippen LogP contribution >= 0.6 is 11.8 Å². The molecule has 0 bridgehead atoms. The fraction of sp³-hybridized carbons (Fsp3) is 0.269. The number of ether oxygens (including phenoxy) is 2. The quantitative estimate of drug-likeness (QED) is 0.397. The third kappa shape index (κ3) is 6.50. The van der Waals surface area contributed by atoms with E-state index in [0.717, 1.165) is 16.1 Å². The van der Waals surface area contributed by atoms with Crippen molar-refractivity contribution in [2.75, 3.05) is 36.4 Å². The molecule has 3 aromatic rings. The van der Waals surface area contributed by atoms with Crippen molar-refractivity contribution in [1.29, 1.82) is 0 Å². The molecule has 0 radical (unpaired) electrons. The van der Waals surface area contributed by atoms with Crippen molar-refractivity contribution in [3.05, 3.63) is 83.7 Å². The highest BCUT2D eigenvalue weighted by molar-refractivity contribution is 7.98. The number of carbonyl (C=O) groups is 1. The number of hydrogen-bond acceptors (Lipinski definition) is 6. The van der Waals surface area contributed by atoms with Gasteiger partial charge in [-0.15, -0.1) is 0 Å². The number of thioether (sulfide) groups is 1. The number of hydrogen-bond donors (Lipinski definition) is 1. The van der Waals surface area contributed by atoms with Gasteiger partial charge in [0.1, 0.15) is 25.6 Å². The SMILES string of the molecule is Cc1ccc(CSCCNC(=O)CN(c2cccc(F)c2)S(=O)(=O)c2ccc3c(c2)OCCO3)cc1. The molecular weight excluding hydrogens is 503 g/mol. The lowest BCUT2D eigenvalue weighted by atomic mass is 10.2. The molecule has 0 atom stereocenters. The van der Waals surface area contributed by atoms with Crippen LogP contribution in [0.4, 0.5) is 10.1 Å². The second kappa shape index (κ2) is 11.7. The van der Waals surface area contributed by atoms with E-state index in [1.165, 1.54) is 47.5 Å². The standard InChI is InChI=1S/C26H27FN2O5S2/c1-19-5-7-20(8-6-19)18-35-14-11-28-26(30)17-29(22-4-2-3-21(27)15-22)36(31,32)23-9-10-24-25(16-23)34-13-12-33-24/h2-10,15-16H,11-14,17-18H2,1H3,(H,28,30). The molecular formula is C26H27FN2O5S2. The zero-order chi connectivity index (χ0) is 25.5. The molecule has 1 amide bonds. The molecule has 3 aromatic carbocycles. The van der Waals surface area contributed by atoms with Crippen molar-refractivity contribution in [2.45, 2.75) is 17.6 Å². The predicted octanol–water partition coefficient (Wildman–Crippen LogP) is 4.15. The molecule has 7 nitrogen and oxygen atoms in total. The maximum atomic E-state index is 14.0. The first-order valence-corrected chi connectivity index (χ1v) is 14.0. The van der Waals surface area contributed by atoms with Gasteiger partial charge in [-0.25, -0.2) is 12.8 Å². The summed E-state index contributed by atoms with van der Waals surface area (Å²) in [5.41, 5.74) is 2.44.